The van der Waals surface area contributed by atoms with Crippen molar-refractivity contribution in [3.05, 3.63) is 23.8 Å². The number of aliphatic hydroxyl groups excluding tert-OH is 1. The summed E-state index contributed by atoms with van der Waals surface area (Å²) in [5.41, 5.74) is 0.840. The van der Waals surface area contributed by atoms with E-state index in [1.54, 1.807) is 14.2 Å². The molecule has 1 N–H and O–H groups in total. The molecule has 21 heavy (non-hydrogen) atoms. The fraction of sp³-hybridized carbons (Fsp3) is 0.625. The van der Waals surface area contributed by atoms with Gasteiger partial charge in [-0.15, -0.1) is 0 Å². The summed E-state index contributed by atoms with van der Waals surface area (Å²) in [5, 5.41) is 10.4. The molecule has 0 amide bonds. The first kappa shape index (κ1) is 16.1. The number of β-amino-alcohol motifs (C(OH)–C–C–N with tert-alkyl or cyclic N) is 1. The van der Waals surface area contributed by atoms with E-state index >= 15 is 0 Å². The summed E-state index contributed by atoms with van der Waals surface area (Å²) in [7, 11) is 3.20. The molecule has 0 bridgehead atoms. The van der Waals surface area contributed by atoms with Crippen molar-refractivity contribution in [2.75, 3.05) is 40.5 Å². The second kappa shape index (κ2) is 7.64. The molecular formula is C16H25NO4. The third kappa shape index (κ3) is 4.09. The Balaban J connectivity index is 2.01. The third-order valence-electron chi connectivity index (χ3n) is 3.90. The summed E-state index contributed by atoms with van der Waals surface area (Å²) in [6.07, 6.45) is 0.736. The Morgan fingerprint density at radius 1 is 1.33 bits per heavy atom. The molecule has 5 heteroatoms. The summed E-state index contributed by atoms with van der Waals surface area (Å²) in [6.45, 7) is 5.20. The van der Waals surface area contributed by atoms with Gasteiger partial charge in [0.15, 0.2) is 11.5 Å². The largest absolute Gasteiger partial charge is 0.493 e. The third-order valence-corrected chi connectivity index (χ3v) is 3.90. The van der Waals surface area contributed by atoms with Crippen LogP contribution >= 0.6 is 0 Å². The second-order valence-electron chi connectivity index (χ2n) is 5.29. The normalized spacial score (nSPS) is 21.0. The van der Waals surface area contributed by atoms with Crippen molar-refractivity contribution < 1.29 is 19.3 Å². The molecule has 1 aliphatic heterocycles. The lowest BCUT2D eigenvalue weighted by Gasteiger charge is -2.33. The van der Waals surface area contributed by atoms with Gasteiger partial charge in [0.1, 0.15) is 0 Å². The standard InChI is InChI=1S/C16H25NO4/c1-4-13-10-17(7-8-21-13)11-14(18)12-5-6-15(19-2)16(9-12)20-3/h5-6,9,13-14,18H,4,7-8,10-11H2,1-3H3. The number of nitrogens with zero attached hydrogens (tertiary/aromatic N) is 1. The van der Waals surface area contributed by atoms with E-state index in [9.17, 15) is 5.11 Å². The molecule has 5 nitrogen and oxygen atoms in total. The number of hydrogen-bond donors (Lipinski definition) is 1. The van der Waals surface area contributed by atoms with Crippen LogP contribution in [0.2, 0.25) is 0 Å². The molecule has 2 atom stereocenters. The molecule has 1 heterocycles. The quantitative estimate of drug-likeness (QED) is 0.868. The summed E-state index contributed by atoms with van der Waals surface area (Å²) in [5.74, 6) is 1.31. The molecule has 0 aromatic heterocycles. The van der Waals surface area contributed by atoms with E-state index in [0.717, 1.165) is 31.7 Å². The lowest BCUT2D eigenvalue weighted by Crippen LogP contribution is -2.43. The minimum absolute atomic E-state index is 0.274. The van der Waals surface area contributed by atoms with Crippen LogP contribution in [0.15, 0.2) is 18.2 Å². The predicted molar refractivity (Wildman–Crippen MR) is 81.0 cm³/mol. The van der Waals surface area contributed by atoms with E-state index < -0.39 is 6.10 Å². The molecule has 1 fully saturated rings. The number of hydrogen-bond acceptors (Lipinski definition) is 5. The van der Waals surface area contributed by atoms with Crippen LogP contribution in [0.5, 0.6) is 11.5 Å². The molecule has 1 aromatic rings. The Kier molecular flexibility index (Phi) is 5.85. The van der Waals surface area contributed by atoms with E-state index in [0.29, 0.717) is 18.0 Å². The maximum atomic E-state index is 10.4. The van der Waals surface area contributed by atoms with Crippen LogP contribution in [0.4, 0.5) is 0 Å². The Morgan fingerprint density at radius 2 is 2.10 bits per heavy atom. The molecule has 0 spiro atoms. The second-order valence-corrected chi connectivity index (χ2v) is 5.29. The maximum absolute atomic E-state index is 10.4. The topological polar surface area (TPSA) is 51.2 Å². The van der Waals surface area contributed by atoms with Crippen molar-refractivity contribution >= 4 is 0 Å². The van der Waals surface area contributed by atoms with Crippen LogP contribution in [0.25, 0.3) is 0 Å². The van der Waals surface area contributed by atoms with Crippen LogP contribution in [-0.4, -0.2) is 56.6 Å². The van der Waals surface area contributed by atoms with Crippen molar-refractivity contribution in [2.24, 2.45) is 0 Å². The van der Waals surface area contributed by atoms with Gasteiger partial charge < -0.3 is 19.3 Å². The fourth-order valence-corrected chi connectivity index (χ4v) is 2.60. The number of ether oxygens (including phenoxy) is 3. The average Bonchev–Trinajstić information content (AvgIpc) is 2.54. The molecule has 2 rings (SSSR count). The predicted octanol–water partition coefficient (Wildman–Crippen LogP) is 1.85. The zero-order valence-corrected chi connectivity index (χ0v) is 13.0. The molecule has 0 aliphatic carbocycles. The van der Waals surface area contributed by atoms with Gasteiger partial charge >= 0.3 is 0 Å². The number of morpholine rings is 1. The van der Waals surface area contributed by atoms with Gasteiger partial charge in [-0.05, 0) is 24.1 Å². The maximum Gasteiger partial charge on any atom is 0.161 e. The van der Waals surface area contributed by atoms with Crippen LogP contribution in [0.1, 0.15) is 25.0 Å². The van der Waals surface area contributed by atoms with Gasteiger partial charge in [-0.25, -0.2) is 0 Å². The highest BCUT2D eigenvalue weighted by Gasteiger charge is 2.22. The fourth-order valence-electron chi connectivity index (χ4n) is 2.60. The van der Waals surface area contributed by atoms with Crippen LogP contribution in [0.3, 0.4) is 0 Å². The molecule has 1 saturated heterocycles. The van der Waals surface area contributed by atoms with Gasteiger partial charge in [-0.2, -0.15) is 0 Å². The first-order valence-electron chi connectivity index (χ1n) is 7.41. The van der Waals surface area contributed by atoms with Crippen molar-refractivity contribution in [1.29, 1.82) is 0 Å². The number of benzene rings is 1. The zero-order chi connectivity index (χ0) is 15.2. The molecule has 1 aromatic carbocycles. The number of methoxy groups -OCH3 is 2. The molecule has 0 saturated carbocycles. The SMILES string of the molecule is CCC1CN(CC(O)c2ccc(OC)c(OC)c2)CCO1. The Bertz CT molecular complexity index is 452. The van der Waals surface area contributed by atoms with E-state index in [1.807, 2.05) is 18.2 Å². The summed E-state index contributed by atoms with van der Waals surface area (Å²) in [6, 6.07) is 5.54. The first-order valence-corrected chi connectivity index (χ1v) is 7.41. The lowest BCUT2D eigenvalue weighted by molar-refractivity contribution is -0.0418. The van der Waals surface area contributed by atoms with E-state index in [2.05, 4.69) is 11.8 Å². The van der Waals surface area contributed by atoms with Gasteiger partial charge in [0, 0.05) is 19.6 Å². The molecule has 1 aliphatic rings. The highest BCUT2D eigenvalue weighted by molar-refractivity contribution is 5.43. The minimum atomic E-state index is -0.541. The van der Waals surface area contributed by atoms with Gasteiger partial charge in [0.05, 0.1) is 33.0 Å². The zero-order valence-electron chi connectivity index (χ0n) is 13.0. The minimum Gasteiger partial charge on any atom is -0.493 e. The van der Waals surface area contributed by atoms with Gasteiger partial charge in [0.2, 0.25) is 0 Å². The van der Waals surface area contributed by atoms with Gasteiger partial charge in [-0.1, -0.05) is 13.0 Å². The lowest BCUT2D eigenvalue weighted by atomic mass is 10.1. The van der Waals surface area contributed by atoms with Crippen molar-refractivity contribution in [3.8, 4) is 11.5 Å². The Hall–Kier alpha value is -1.30. The smallest absolute Gasteiger partial charge is 0.161 e. The van der Waals surface area contributed by atoms with Crippen LogP contribution in [-0.2, 0) is 4.74 Å². The van der Waals surface area contributed by atoms with Gasteiger partial charge in [-0.3, -0.25) is 4.90 Å². The number of rotatable bonds is 6. The van der Waals surface area contributed by atoms with Crippen molar-refractivity contribution in [1.82, 2.24) is 4.90 Å². The molecular weight excluding hydrogens is 270 g/mol. The van der Waals surface area contributed by atoms with Crippen molar-refractivity contribution in [3.63, 3.8) is 0 Å². The van der Waals surface area contributed by atoms with Crippen LogP contribution in [0, 0.1) is 0 Å². The van der Waals surface area contributed by atoms with E-state index in [-0.39, 0.29) is 6.10 Å². The summed E-state index contributed by atoms with van der Waals surface area (Å²) >= 11 is 0. The molecule has 118 valence electrons. The Labute approximate surface area is 126 Å². The highest BCUT2D eigenvalue weighted by atomic mass is 16.5. The van der Waals surface area contributed by atoms with Crippen molar-refractivity contribution in [2.45, 2.75) is 25.6 Å². The monoisotopic (exact) mass is 295 g/mol. The van der Waals surface area contributed by atoms with Crippen LogP contribution < -0.4 is 9.47 Å². The van der Waals surface area contributed by atoms with Gasteiger partial charge in [0.25, 0.3) is 0 Å². The summed E-state index contributed by atoms with van der Waals surface area (Å²) < 4.78 is 16.1. The summed E-state index contributed by atoms with van der Waals surface area (Å²) in [4.78, 5) is 2.25. The Morgan fingerprint density at radius 3 is 2.76 bits per heavy atom. The first-order chi connectivity index (χ1) is 10.2. The molecule has 2 unspecified atom stereocenters. The average molecular weight is 295 g/mol. The highest BCUT2D eigenvalue weighted by Crippen LogP contribution is 2.30. The number of aliphatic hydroxyl groups is 1. The van der Waals surface area contributed by atoms with E-state index in [1.165, 1.54) is 0 Å². The van der Waals surface area contributed by atoms with E-state index in [4.69, 9.17) is 14.2 Å². The molecule has 0 radical (unpaired) electrons.